The quantitative estimate of drug-likeness (QED) is 0.165. The summed E-state index contributed by atoms with van der Waals surface area (Å²) in [6, 6.07) is 47.1. The second-order valence-corrected chi connectivity index (χ2v) is 13.5. The number of rotatable bonds is 4. The third-order valence-electron chi connectivity index (χ3n) is 9.82. The van der Waals surface area contributed by atoms with E-state index in [0.717, 1.165) is 61.2 Å². The molecule has 9 rings (SSSR count). The van der Waals surface area contributed by atoms with Crippen molar-refractivity contribution in [3.05, 3.63) is 174 Å². The predicted molar refractivity (Wildman–Crippen MR) is 214 cm³/mol. The Labute approximate surface area is 324 Å². The fraction of sp³-hybridized carbons (Fsp3) is 0.104. The fourth-order valence-electron chi connectivity index (χ4n) is 6.50. The van der Waals surface area contributed by atoms with Crippen molar-refractivity contribution in [2.45, 2.75) is 34.6 Å². The molecular formula is C48H37IrN3O-2. The SMILES string of the molecule is Cc1c[c-]c(-c2cc(C)c(C)cn2)cc1C.Cc1ccc2c(-c3cc(-c4ccc5cc(-c6ccccc6)ccc5c4)ccn3)[c-]c3ccoc3c2n1.[Ir]. The van der Waals surface area contributed by atoms with E-state index >= 15 is 0 Å². The molecule has 0 amide bonds. The van der Waals surface area contributed by atoms with E-state index in [9.17, 15) is 0 Å². The van der Waals surface area contributed by atoms with Crippen molar-refractivity contribution in [2.75, 3.05) is 0 Å². The van der Waals surface area contributed by atoms with E-state index in [2.05, 4.69) is 136 Å². The van der Waals surface area contributed by atoms with Gasteiger partial charge in [-0.2, -0.15) is 0 Å². The first-order valence-corrected chi connectivity index (χ1v) is 17.5. The summed E-state index contributed by atoms with van der Waals surface area (Å²) in [5.74, 6) is 0. The Bertz CT molecular complexity index is 2700. The van der Waals surface area contributed by atoms with Crippen LogP contribution < -0.4 is 0 Å². The van der Waals surface area contributed by atoms with Crippen molar-refractivity contribution in [1.82, 2.24) is 15.0 Å². The van der Waals surface area contributed by atoms with Crippen LogP contribution >= 0.6 is 0 Å². The Morgan fingerprint density at radius 1 is 0.585 bits per heavy atom. The van der Waals surface area contributed by atoms with Crippen molar-refractivity contribution in [3.8, 4) is 44.8 Å². The Balaban J connectivity index is 0.000000216. The minimum Gasteiger partial charge on any atom is -0.506 e. The van der Waals surface area contributed by atoms with Crippen molar-refractivity contribution in [2.24, 2.45) is 0 Å². The third-order valence-corrected chi connectivity index (χ3v) is 9.82. The van der Waals surface area contributed by atoms with Gasteiger partial charge in [0.25, 0.3) is 0 Å². The zero-order valence-corrected chi connectivity index (χ0v) is 32.7. The van der Waals surface area contributed by atoms with Gasteiger partial charge in [0.2, 0.25) is 0 Å². The van der Waals surface area contributed by atoms with Crippen LogP contribution in [0.15, 0.2) is 138 Å². The number of aryl methyl sites for hydroxylation is 5. The number of aromatic nitrogens is 3. The minimum atomic E-state index is 0. The number of furan rings is 1. The average Bonchev–Trinajstić information content (AvgIpc) is 3.66. The first kappa shape index (κ1) is 35.7. The molecule has 0 aliphatic carbocycles. The molecule has 0 N–H and O–H groups in total. The molecule has 9 aromatic rings. The molecule has 5 aromatic carbocycles. The maximum absolute atomic E-state index is 5.73. The molecule has 0 saturated heterocycles. The number of benzene rings is 5. The van der Waals surface area contributed by atoms with Crippen LogP contribution in [-0.4, -0.2) is 15.0 Å². The van der Waals surface area contributed by atoms with Gasteiger partial charge in [0.15, 0.2) is 0 Å². The maximum Gasteiger partial charge on any atom is 0.0847 e. The van der Waals surface area contributed by atoms with Crippen LogP contribution in [0.5, 0.6) is 0 Å². The largest absolute Gasteiger partial charge is 0.506 e. The van der Waals surface area contributed by atoms with Crippen molar-refractivity contribution in [3.63, 3.8) is 0 Å². The van der Waals surface area contributed by atoms with E-state index in [1.165, 1.54) is 44.2 Å². The number of fused-ring (bicyclic) bond motifs is 4. The first-order valence-electron chi connectivity index (χ1n) is 17.5. The number of nitrogens with zero attached hydrogens (tertiary/aromatic N) is 3. The maximum atomic E-state index is 5.73. The van der Waals surface area contributed by atoms with Gasteiger partial charge in [-0.1, -0.05) is 115 Å². The molecule has 1 radical (unpaired) electrons. The standard InChI is InChI=1S/C33H21N2O.C15H16N.Ir/c1-21-7-12-29-30(19-28-14-16-36-33(28)32(29)35-21)31-20-27(13-15-34-31)26-11-10-24-17-23(8-9-25(24)18-26)22-5-3-2-4-6-22;1-10-5-6-14(7-11(10)2)15-8-12(3)13(4)9-16-15;/h2-18,20H,1H3;5,7-9H,1-4H3;/q2*-1;. The Hall–Kier alpha value is -5.74. The molecule has 4 heterocycles. The van der Waals surface area contributed by atoms with Crippen molar-refractivity contribution >= 4 is 32.6 Å². The van der Waals surface area contributed by atoms with Crippen LogP contribution in [0.1, 0.15) is 27.9 Å². The second-order valence-electron chi connectivity index (χ2n) is 13.5. The van der Waals surface area contributed by atoms with E-state index in [1.54, 1.807) is 6.26 Å². The minimum absolute atomic E-state index is 0. The summed E-state index contributed by atoms with van der Waals surface area (Å²) in [6.07, 6.45) is 5.48. The molecule has 0 bridgehead atoms. The zero-order chi connectivity index (χ0) is 35.8. The van der Waals surface area contributed by atoms with Gasteiger partial charge < -0.3 is 9.40 Å². The van der Waals surface area contributed by atoms with Crippen LogP contribution in [0.25, 0.3) is 77.4 Å². The average molecular weight is 864 g/mol. The molecule has 0 fully saturated rings. The third kappa shape index (κ3) is 7.32. The van der Waals surface area contributed by atoms with E-state index in [1.807, 2.05) is 43.6 Å². The molecule has 0 aliphatic heterocycles. The van der Waals surface area contributed by atoms with Crippen molar-refractivity contribution < 1.29 is 24.5 Å². The summed E-state index contributed by atoms with van der Waals surface area (Å²) in [5, 5.41) is 4.32. The second kappa shape index (κ2) is 15.1. The topological polar surface area (TPSA) is 51.8 Å². The van der Waals surface area contributed by atoms with Crippen molar-refractivity contribution in [1.29, 1.82) is 0 Å². The molecule has 0 saturated carbocycles. The molecule has 53 heavy (non-hydrogen) atoms. The molecule has 0 atom stereocenters. The van der Waals surface area contributed by atoms with Gasteiger partial charge in [0, 0.05) is 55.7 Å². The summed E-state index contributed by atoms with van der Waals surface area (Å²) in [6.45, 7) is 10.4. The van der Waals surface area contributed by atoms with E-state index in [0.29, 0.717) is 0 Å². The normalized spacial score (nSPS) is 11.0. The van der Waals surface area contributed by atoms with Crippen LogP contribution in [-0.2, 0) is 20.1 Å². The number of hydrogen-bond acceptors (Lipinski definition) is 4. The van der Waals surface area contributed by atoms with Gasteiger partial charge in [-0.25, -0.2) is 0 Å². The monoisotopic (exact) mass is 864 g/mol. The molecule has 4 nitrogen and oxygen atoms in total. The fourth-order valence-corrected chi connectivity index (χ4v) is 6.50. The smallest absolute Gasteiger partial charge is 0.0847 e. The Morgan fingerprint density at radius 3 is 2.04 bits per heavy atom. The predicted octanol–water partition coefficient (Wildman–Crippen LogP) is 12.4. The molecule has 0 unspecified atom stereocenters. The van der Waals surface area contributed by atoms with Gasteiger partial charge in [0.05, 0.1) is 5.58 Å². The van der Waals surface area contributed by atoms with Crippen LogP contribution in [0.3, 0.4) is 0 Å². The summed E-state index contributed by atoms with van der Waals surface area (Å²) < 4.78 is 5.73. The summed E-state index contributed by atoms with van der Waals surface area (Å²) >= 11 is 0. The van der Waals surface area contributed by atoms with Crippen LogP contribution in [0.4, 0.5) is 0 Å². The Morgan fingerprint density at radius 2 is 1.30 bits per heavy atom. The van der Waals surface area contributed by atoms with E-state index in [-0.39, 0.29) is 20.1 Å². The summed E-state index contributed by atoms with van der Waals surface area (Å²) in [5.41, 5.74) is 16.2. The van der Waals surface area contributed by atoms with E-state index in [4.69, 9.17) is 14.4 Å². The van der Waals surface area contributed by atoms with Gasteiger partial charge in [-0.15, -0.1) is 41.0 Å². The molecule has 5 heteroatoms. The van der Waals surface area contributed by atoms with Gasteiger partial charge in [-0.3, -0.25) is 9.97 Å². The van der Waals surface area contributed by atoms with Gasteiger partial charge >= 0.3 is 0 Å². The molecular weight excluding hydrogens is 827 g/mol. The molecule has 261 valence electrons. The van der Waals surface area contributed by atoms with Gasteiger partial charge in [0.1, 0.15) is 0 Å². The van der Waals surface area contributed by atoms with Crippen LogP contribution in [0, 0.1) is 46.8 Å². The van der Waals surface area contributed by atoms with Gasteiger partial charge in [-0.05, 0) is 89.3 Å². The summed E-state index contributed by atoms with van der Waals surface area (Å²) in [4.78, 5) is 13.9. The molecule has 0 aliphatic rings. The summed E-state index contributed by atoms with van der Waals surface area (Å²) in [7, 11) is 0. The number of hydrogen-bond donors (Lipinski definition) is 0. The molecule has 4 aromatic heterocycles. The van der Waals surface area contributed by atoms with E-state index < -0.39 is 0 Å². The zero-order valence-electron chi connectivity index (χ0n) is 30.3. The van der Waals surface area contributed by atoms with Crippen LogP contribution in [0.2, 0.25) is 0 Å². The number of pyridine rings is 3. The molecule has 0 spiro atoms. The first-order chi connectivity index (χ1) is 25.3. The Kier molecular flexibility index (Phi) is 10.1.